The number of nitrogens with one attached hydrogen (secondary N) is 1. The van der Waals surface area contributed by atoms with Gasteiger partial charge >= 0.3 is 0 Å². The molecule has 0 aliphatic rings. The largest absolute Gasteiger partial charge is 0.493 e. The molecule has 0 bridgehead atoms. The summed E-state index contributed by atoms with van der Waals surface area (Å²) in [5, 5.41) is 3.45. The number of halogens is 1. The zero-order chi connectivity index (χ0) is 15.1. The quantitative estimate of drug-likeness (QED) is 0.771. The fourth-order valence-electron chi connectivity index (χ4n) is 2.15. The van der Waals surface area contributed by atoms with E-state index in [2.05, 4.69) is 45.5 Å². The molecule has 0 aromatic heterocycles. The number of hydrogen-bond donors (Lipinski definition) is 1. The summed E-state index contributed by atoms with van der Waals surface area (Å²) in [6.45, 7) is 1.79. The molecule has 0 heterocycles. The molecule has 4 heteroatoms. The van der Waals surface area contributed by atoms with Crippen LogP contribution in [-0.4, -0.2) is 20.8 Å². The zero-order valence-electron chi connectivity index (χ0n) is 12.4. The third-order valence-electron chi connectivity index (χ3n) is 3.26. The molecule has 2 aromatic rings. The Balaban J connectivity index is 1.83. The lowest BCUT2D eigenvalue weighted by Gasteiger charge is -2.10. The molecule has 0 spiro atoms. The molecule has 0 amide bonds. The Hall–Kier alpha value is -1.52. The minimum atomic E-state index is 0.767. The molecule has 21 heavy (non-hydrogen) atoms. The van der Waals surface area contributed by atoms with Gasteiger partial charge < -0.3 is 14.8 Å². The molecule has 0 fully saturated rings. The summed E-state index contributed by atoms with van der Waals surface area (Å²) < 4.78 is 11.7. The van der Waals surface area contributed by atoms with Crippen LogP contribution in [0.15, 0.2) is 46.9 Å². The lowest BCUT2D eigenvalue weighted by Crippen LogP contribution is -2.16. The third kappa shape index (κ3) is 4.76. The predicted octanol–water partition coefficient (Wildman–Crippen LogP) is 3.80. The molecule has 0 aliphatic carbocycles. The van der Waals surface area contributed by atoms with E-state index in [4.69, 9.17) is 9.47 Å². The molecule has 112 valence electrons. The van der Waals surface area contributed by atoms with E-state index in [0.29, 0.717) is 0 Å². The van der Waals surface area contributed by atoms with Gasteiger partial charge in [-0.25, -0.2) is 0 Å². The molecule has 0 radical (unpaired) electrons. The molecule has 0 atom stereocenters. The highest BCUT2D eigenvalue weighted by Crippen LogP contribution is 2.27. The van der Waals surface area contributed by atoms with E-state index in [0.717, 1.165) is 35.5 Å². The van der Waals surface area contributed by atoms with Crippen LogP contribution in [0.25, 0.3) is 0 Å². The maximum absolute atomic E-state index is 5.32. The summed E-state index contributed by atoms with van der Waals surface area (Å²) in [6, 6.07) is 14.4. The number of hydrogen-bond acceptors (Lipinski definition) is 3. The van der Waals surface area contributed by atoms with E-state index in [9.17, 15) is 0 Å². The molecule has 2 rings (SSSR count). The first kappa shape index (κ1) is 15.9. The van der Waals surface area contributed by atoms with Crippen LogP contribution < -0.4 is 14.8 Å². The summed E-state index contributed by atoms with van der Waals surface area (Å²) in [4.78, 5) is 0. The molecular weight excluding hydrogens is 330 g/mol. The van der Waals surface area contributed by atoms with Gasteiger partial charge in [-0.05, 0) is 48.4 Å². The van der Waals surface area contributed by atoms with E-state index < -0.39 is 0 Å². The van der Waals surface area contributed by atoms with Crippen molar-refractivity contribution < 1.29 is 9.47 Å². The zero-order valence-corrected chi connectivity index (χ0v) is 13.9. The first-order valence-corrected chi connectivity index (χ1v) is 7.68. The Labute approximate surface area is 134 Å². The predicted molar refractivity (Wildman–Crippen MR) is 89.1 cm³/mol. The van der Waals surface area contributed by atoms with Crippen molar-refractivity contribution in [3.63, 3.8) is 0 Å². The Morgan fingerprint density at radius 2 is 1.76 bits per heavy atom. The van der Waals surface area contributed by atoms with Gasteiger partial charge in [0, 0.05) is 11.0 Å². The van der Waals surface area contributed by atoms with Crippen molar-refractivity contribution in [1.82, 2.24) is 5.32 Å². The fourth-order valence-corrected chi connectivity index (χ4v) is 2.60. The highest BCUT2D eigenvalue weighted by molar-refractivity contribution is 9.10. The maximum Gasteiger partial charge on any atom is 0.160 e. The van der Waals surface area contributed by atoms with Crippen LogP contribution in [0, 0.1) is 0 Å². The summed E-state index contributed by atoms with van der Waals surface area (Å²) in [5.74, 6) is 1.55. The molecule has 1 N–H and O–H groups in total. The summed E-state index contributed by atoms with van der Waals surface area (Å²) in [5.41, 5.74) is 2.51. The molecular formula is C17H20BrNO2. The van der Waals surface area contributed by atoms with Crippen LogP contribution in [0.4, 0.5) is 0 Å². The Morgan fingerprint density at radius 3 is 2.48 bits per heavy atom. The molecule has 2 aromatic carbocycles. The number of rotatable bonds is 7. The second-order valence-corrected chi connectivity index (χ2v) is 5.66. The van der Waals surface area contributed by atoms with Crippen LogP contribution in [0.3, 0.4) is 0 Å². The summed E-state index contributed by atoms with van der Waals surface area (Å²) in [6.07, 6.45) is 0.953. The average Bonchev–Trinajstić information content (AvgIpc) is 2.51. The second kappa shape index (κ2) is 8.05. The minimum Gasteiger partial charge on any atom is -0.493 e. The number of ether oxygens (including phenoxy) is 2. The van der Waals surface area contributed by atoms with Crippen molar-refractivity contribution >= 4 is 15.9 Å². The maximum atomic E-state index is 5.32. The van der Waals surface area contributed by atoms with E-state index in [1.165, 1.54) is 11.1 Å². The van der Waals surface area contributed by atoms with Gasteiger partial charge in [0.15, 0.2) is 11.5 Å². The van der Waals surface area contributed by atoms with E-state index in [-0.39, 0.29) is 0 Å². The lowest BCUT2D eigenvalue weighted by atomic mass is 10.1. The highest BCUT2D eigenvalue weighted by atomic mass is 79.9. The summed E-state index contributed by atoms with van der Waals surface area (Å²) >= 11 is 3.48. The van der Waals surface area contributed by atoms with Crippen LogP contribution in [-0.2, 0) is 13.0 Å². The van der Waals surface area contributed by atoms with E-state index >= 15 is 0 Å². The van der Waals surface area contributed by atoms with Crippen molar-refractivity contribution in [3.05, 3.63) is 58.1 Å². The van der Waals surface area contributed by atoms with E-state index in [1.807, 2.05) is 18.2 Å². The Kier molecular flexibility index (Phi) is 6.08. The van der Waals surface area contributed by atoms with Crippen molar-refractivity contribution in [1.29, 1.82) is 0 Å². The lowest BCUT2D eigenvalue weighted by molar-refractivity contribution is 0.354. The standard InChI is InChI=1S/C17H20BrNO2/c1-20-16-7-6-13(11-17(16)21-2)8-9-19-12-14-4-3-5-15(18)10-14/h3-7,10-11,19H,8-9,12H2,1-2H3. The van der Waals surface area contributed by atoms with Gasteiger partial charge in [0.2, 0.25) is 0 Å². The molecule has 0 unspecified atom stereocenters. The van der Waals surface area contributed by atoms with Crippen molar-refractivity contribution in [2.45, 2.75) is 13.0 Å². The van der Waals surface area contributed by atoms with Gasteiger partial charge in [-0.1, -0.05) is 34.1 Å². The highest BCUT2D eigenvalue weighted by Gasteiger charge is 2.04. The van der Waals surface area contributed by atoms with Gasteiger partial charge in [-0.15, -0.1) is 0 Å². The fraction of sp³-hybridized carbons (Fsp3) is 0.294. The third-order valence-corrected chi connectivity index (χ3v) is 3.75. The van der Waals surface area contributed by atoms with Gasteiger partial charge in [0.05, 0.1) is 14.2 Å². The number of benzene rings is 2. The summed E-state index contributed by atoms with van der Waals surface area (Å²) in [7, 11) is 3.31. The smallest absolute Gasteiger partial charge is 0.160 e. The average molecular weight is 350 g/mol. The van der Waals surface area contributed by atoms with Crippen molar-refractivity contribution in [2.24, 2.45) is 0 Å². The van der Waals surface area contributed by atoms with Gasteiger partial charge in [-0.2, -0.15) is 0 Å². The first-order valence-electron chi connectivity index (χ1n) is 6.89. The van der Waals surface area contributed by atoms with Crippen LogP contribution in [0.1, 0.15) is 11.1 Å². The molecule has 0 saturated heterocycles. The topological polar surface area (TPSA) is 30.5 Å². The van der Waals surface area contributed by atoms with Crippen LogP contribution in [0.2, 0.25) is 0 Å². The molecule has 3 nitrogen and oxygen atoms in total. The van der Waals surface area contributed by atoms with E-state index in [1.54, 1.807) is 14.2 Å². The van der Waals surface area contributed by atoms with Gasteiger partial charge in [-0.3, -0.25) is 0 Å². The SMILES string of the molecule is COc1ccc(CCNCc2cccc(Br)c2)cc1OC. The monoisotopic (exact) mass is 349 g/mol. The Morgan fingerprint density at radius 1 is 0.952 bits per heavy atom. The Bertz CT molecular complexity index is 587. The van der Waals surface area contributed by atoms with Gasteiger partial charge in [0.25, 0.3) is 0 Å². The van der Waals surface area contributed by atoms with Crippen molar-refractivity contribution in [3.8, 4) is 11.5 Å². The van der Waals surface area contributed by atoms with Gasteiger partial charge in [0.1, 0.15) is 0 Å². The molecule has 0 aliphatic heterocycles. The second-order valence-electron chi connectivity index (χ2n) is 4.75. The van der Waals surface area contributed by atoms with Crippen LogP contribution in [0.5, 0.6) is 11.5 Å². The molecule has 0 saturated carbocycles. The minimum absolute atomic E-state index is 0.767. The van der Waals surface area contributed by atoms with Crippen LogP contribution >= 0.6 is 15.9 Å². The first-order chi connectivity index (χ1) is 10.2. The number of methoxy groups -OCH3 is 2. The van der Waals surface area contributed by atoms with Crippen molar-refractivity contribution in [2.75, 3.05) is 20.8 Å². The normalized spacial score (nSPS) is 10.4.